The molecule has 1 rings (SSSR count). The molecule has 0 aromatic rings. The number of unbranched alkanes of at least 4 members (excludes halogenated alkanes) is 1. The Labute approximate surface area is 176 Å². The summed E-state index contributed by atoms with van der Waals surface area (Å²) in [5.41, 5.74) is 0.400. The van der Waals surface area contributed by atoms with Crippen molar-refractivity contribution in [2.24, 2.45) is 17.8 Å². The smallest absolute Gasteiger partial charge is 0.195 e. The fourth-order valence-electron chi connectivity index (χ4n) is 3.98. The van der Waals surface area contributed by atoms with Crippen LogP contribution in [0.3, 0.4) is 0 Å². The van der Waals surface area contributed by atoms with Gasteiger partial charge in [-0.25, -0.2) is 8.78 Å². The minimum atomic E-state index is -0.935. The Morgan fingerprint density at radius 2 is 1.59 bits per heavy atom. The zero-order valence-corrected chi connectivity index (χ0v) is 19.4. The van der Waals surface area contributed by atoms with Gasteiger partial charge in [0.05, 0.1) is 20.3 Å². The van der Waals surface area contributed by atoms with Gasteiger partial charge in [-0.2, -0.15) is 0 Å². The number of rotatable bonds is 13. The standard InChI is InChI=1S/C24H42F2O3/c1-7-9-10-20-11-13-21(14-12-20)16-29-19(5)28-15-17(3)22(8-2)24(26)23(25)18(4)27-6/h17,19-21H,7-16H2,1-6H3/b23-18-,24-22-. The molecular formula is C24H42F2O3. The Balaban J connectivity index is 2.41. The number of hydrogen-bond donors (Lipinski definition) is 0. The predicted octanol–water partition coefficient (Wildman–Crippen LogP) is 7.48. The SMILES string of the molecule is CCCCC1CCC(COC(C)OCC(C)/C(CC)=C(F)/C(F)=C(\C)OC)CC1. The maximum atomic E-state index is 14.5. The topological polar surface area (TPSA) is 27.7 Å². The molecular weight excluding hydrogens is 374 g/mol. The van der Waals surface area contributed by atoms with Crippen LogP contribution in [-0.2, 0) is 14.2 Å². The number of ether oxygens (including phenoxy) is 3. The van der Waals surface area contributed by atoms with Gasteiger partial charge in [0.15, 0.2) is 17.9 Å². The summed E-state index contributed by atoms with van der Waals surface area (Å²) in [5, 5.41) is 0. The molecule has 1 fully saturated rings. The highest BCUT2D eigenvalue weighted by atomic mass is 19.2. The van der Waals surface area contributed by atoms with Crippen molar-refractivity contribution in [3.8, 4) is 0 Å². The maximum Gasteiger partial charge on any atom is 0.195 e. The molecule has 0 saturated heterocycles. The molecule has 0 aromatic carbocycles. The van der Waals surface area contributed by atoms with Crippen molar-refractivity contribution in [2.45, 2.75) is 92.3 Å². The Morgan fingerprint density at radius 1 is 0.966 bits per heavy atom. The molecule has 29 heavy (non-hydrogen) atoms. The minimum absolute atomic E-state index is 0.0531. The summed E-state index contributed by atoms with van der Waals surface area (Å²) < 4.78 is 45.0. The van der Waals surface area contributed by atoms with Gasteiger partial charge in [-0.1, -0.05) is 52.9 Å². The normalized spacial score (nSPS) is 23.9. The van der Waals surface area contributed by atoms with E-state index < -0.39 is 11.7 Å². The first kappa shape index (κ1) is 26.1. The van der Waals surface area contributed by atoms with Crippen molar-refractivity contribution in [1.29, 1.82) is 0 Å². The Bertz CT molecular complexity index is 522. The van der Waals surface area contributed by atoms with Crippen LogP contribution >= 0.6 is 0 Å². The molecule has 1 aliphatic rings. The van der Waals surface area contributed by atoms with Crippen LogP contribution in [-0.4, -0.2) is 26.6 Å². The molecule has 0 aromatic heterocycles. The molecule has 0 N–H and O–H groups in total. The Hall–Kier alpha value is -0.940. The molecule has 5 heteroatoms. The summed E-state index contributed by atoms with van der Waals surface area (Å²) in [6.07, 6.45) is 9.14. The fraction of sp³-hybridized carbons (Fsp3) is 0.833. The first-order chi connectivity index (χ1) is 13.8. The first-order valence-corrected chi connectivity index (χ1v) is 11.4. The van der Waals surface area contributed by atoms with Gasteiger partial charge in [-0.05, 0) is 50.5 Å². The highest BCUT2D eigenvalue weighted by Crippen LogP contribution is 2.32. The summed E-state index contributed by atoms with van der Waals surface area (Å²) in [7, 11) is 1.33. The maximum absolute atomic E-state index is 14.5. The van der Waals surface area contributed by atoms with E-state index in [1.165, 1.54) is 59.0 Å². The summed E-state index contributed by atoms with van der Waals surface area (Å²) in [4.78, 5) is 0. The van der Waals surface area contributed by atoms with Crippen molar-refractivity contribution >= 4 is 0 Å². The minimum Gasteiger partial charge on any atom is -0.498 e. The third-order valence-corrected chi connectivity index (χ3v) is 6.15. The summed E-state index contributed by atoms with van der Waals surface area (Å²) in [5.74, 6) is -0.563. The molecule has 0 heterocycles. The molecule has 0 aliphatic heterocycles. The lowest BCUT2D eigenvalue weighted by atomic mass is 9.80. The molecule has 2 unspecified atom stereocenters. The lowest BCUT2D eigenvalue weighted by Crippen LogP contribution is -2.24. The van der Waals surface area contributed by atoms with Crippen LogP contribution in [0.5, 0.6) is 0 Å². The van der Waals surface area contributed by atoms with Gasteiger partial charge < -0.3 is 14.2 Å². The number of halogens is 2. The van der Waals surface area contributed by atoms with E-state index in [-0.39, 0.29) is 18.0 Å². The average Bonchev–Trinajstić information content (AvgIpc) is 2.74. The van der Waals surface area contributed by atoms with Gasteiger partial charge in [0.2, 0.25) is 0 Å². The van der Waals surface area contributed by atoms with E-state index in [2.05, 4.69) is 6.92 Å². The molecule has 0 bridgehead atoms. The second-order valence-electron chi connectivity index (χ2n) is 8.43. The van der Waals surface area contributed by atoms with Crippen LogP contribution in [0.4, 0.5) is 8.78 Å². The lowest BCUT2D eigenvalue weighted by molar-refractivity contribution is -0.145. The summed E-state index contributed by atoms with van der Waals surface area (Å²) in [6.45, 7) is 10.2. The van der Waals surface area contributed by atoms with Crippen LogP contribution in [0, 0.1) is 17.8 Å². The van der Waals surface area contributed by atoms with Crippen molar-refractivity contribution in [3.05, 3.63) is 23.0 Å². The van der Waals surface area contributed by atoms with E-state index in [1.807, 2.05) is 20.8 Å². The monoisotopic (exact) mass is 416 g/mol. The van der Waals surface area contributed by atoms with Crippen molar-refractivity contribution in [1.82, 2.24) is 0 Å². The van der Waals surface area contributed by atoms with Crippen molar-refractivity contribution in [2.75, 3.05) is 20.3 Å². The molecule has 0 radical (unpaired) electrons. The van der Waals surface area contributed by atoms with Gasteiger partial charge in [-0.3, -0.25) is 0 Å². The zero-order chi connectivity index (χ0) is 21.8. The third kappa shape index (κ3) is 9.17. The molecule has 1 aliphatic carbocycles. The van der Waals surface area contributed by atoms with Crippen LogP contribution in [0.15, 0.2) is 23.0 Å². The Kier molecular flexibility index (Phi) is 12.7. The first-order valence-electron chi connectivity index (χ1n) is 11.4. The van der Waals surface area contributed by atoms with E-state index in [9.17, 15) is 8.78 Å². The van der Waals surface area contributed by atoms with E-state index in [1.54, 1.807) is 0 Å². The zero-order valence-electron chi connectivity index (χ0n) is 19.4. The predicted molar refractivity (Wildman–Crippen MR) is 115 cm³/mol. The number of methoxy groups -OCH3 is 1. The quantitative estimate of drug-likeness (QED) is 0.177. The van der Waals surface area contributed by atoms with Crippen molar-refractivity contribution in [3.63, 3.8) is 0 Å². The molecule has 0 spiro atoms. The lowest BCUT2D eigenvalue weighted by Gasteiger charge is -2.29. The Morgan fingerprint density at radius 3 is 2.14 bits per heavy atom. The molecule has 0 amide bonds. The van der Waals surface area contributed by atoms with Crippen LogP contribution in [0.25, 0.3) is 0 Å². The fourth-order valence-corrected chi connectivity index (χ4v) is 3.98. The number of allylic oxidation sites excluding steroid dienone is 3. The number of hydrogen-bond acceptors (Lipinski definition) is 3. The van der Waals surface area contributed by atoms with E-state index in [0.29, 0.717) is 31.1 Å². The summed E-state index contributed by atoms with van der Waals surface area (Å²) in [6, 6.07) is 0. The van der Waals surface area contributed by atoms with Gasteiger partial charge >= 0.3 is 0 Å². The largest absolute Gasteiger partial charge is 0.498 e. The van der Waals surface area contributed by atoms with E-state index >= 15 is 0 Å². The molecule has 1 saturated carbocycles. The van der Waals surface area contributed by atoms with Crippen molar-refractivity contribution < 1.29 is 23.0 Å². The molecule has 170 valence electrons. The third-order valence-electron chi connectivity index (χ3n) is 6.15. The average molecular weight is 417 g/mol. The van der Waals surface area contributed by atoms with Gasteiger partial charge in [-0.15, -0.1) is 0 Å². The van der Waals surface area contributed by atoms with Crippen LogP contribution < -0.4 is 0 Å². The van der Waals surface area contributed by atoms with Gasteiger partial charge in [0, 0.05) is 5.92 Å². The van der Waals surface area contributed by atoms with Crippen LogP contribution in [0.1, 0.15) is 86.0 Å². The van der Waals surface area contributed by atoms with Gasteiger partial charge in [0.25, 0.3) is 0 Å². The second-order valence-corrected chi connectivity index (χ2v) is 8.43. The second kappa shape index (κ2) is 14.1. The summed E-state index contributed by atoms with van der Waals surface area (Å²) >= 11 is 0. The molecule has 3 nitrogen and oxygen atoms in total. The van der Waals surface area contributed by atoms with Gasteiger partial charge in [0.1, 0.15) is 5.76 Å². The van der Waals surface area contributed by atoms with Crippen LogP contribution in [0.2, 0.25) is 0 Å². The van der Waals surface area contributed by atoms with E-state index in [4.69, 9.17) is 14.2 Å². The van der Waals surface area contributed by atoms with E-state index in [0.717, 1.165) is 5.92 Å². The molecule has 2 atom stereocenters. The highest BCUT2D eigenvalue weighted by Gasteiger charge is 2.23. The highest BCUT2D eigenvalue weighted by molar-refractivity contribution is 5.28.